The van der Waals surface area contributed by atoms with E-state index in [-0.39, 0.29) is 18.6 Å². The second kappa shape index (κ2) is 109. The molecule has 0 aliphatic heterocycles. The summed E-state index contributed by atoms with van der Waals surface area (Å²) in [4.78, 5) is 14.7. The molecule has 121 heavy (non-hydrogen) atoms. The fraction of sp³-hybridized carbons (Fsp3) is 0.989. The van der Waals surface area contributed by atoms with Crippen LogP contribution in [0.4, 0.5) is 0 Å². The van der Waals surface area contributed by atoms with Crippen molar-refractivity contribution in [2.75, 3.05) is 357 Å². The second-order valence-electron chi connectivity index (χ2n) is 29.8. The summed E-state index contributed by atoms with van der Waals surface area (Å²) in [6, 6.07) is 0. The Balaban J connectivity index is 3.58. The van der Waals surface area contributed by atoms with Gasteiger partial charge in [-0.3, -0.25) is 14.3 Å². The van der Waals surface area contributed by atoms with E-state index in [9.17, 15) is 9.36 Å². The third-order valence-electron chi connectivity index (χ3n) is 18.9. The van der Waals surface area contributed by atoms with Gasteiger partial charge in [-0.2, -0.15) is 0 Å². The Bertz CT molecular complexity index is 1910. The minimum absolute atomic E-state index is 0.0809. The van der Waals surface area contributed by atoms with Gasteiger partial charge in [-0.15, -0.1) is 0 Å². The van der Waals surface area contributed by atoms with Gasteiger partial charge in [-0.05, 0) is 19.9 Å². The summed E-state index contributed by atoms with van der Waals surface area (Å²) in [7, 11) is 0.166. The van der Waals surface area contributed by atoms with Crippen LogP contribution < -0.4 is 5.32 Å². The number of hydrogen-bond acceptors (Lipinski definition) is 29. The molecule has 1 N–H and O–H groups in total. The third-order valence-corrected chi connectivity index (χ3v) is 20.9. The number of methoxy groups -OCH3 is 1. The van der Waals surface area contributed by atoms with Gasteiger partial charge in [0.2, 0.25) is 5.91 Å². The van der Waals surface area contributed by atoms with Gasteiger partial charge in [0.25, 0.3) is 0 Å². The predicted molar refractivity (Wildman–Crippen MR) is 474 cm³/mol. The molecule has 0 rings (SSSR count). The molecule has 0 aliphatic rings. The van der Waals surface area contributed by atoms with Crippen molar-refractivity contribution >= 4 is 13.5 Å². The summed E-state index contributed by atoms with van der Waals surface area (Å²) in [6.45, 7) is 29.0. The number of nitrogens with zero attached hydrogens (tertiary/aromatic N) is 1. The minimum Gasteiger partial charge on any atom is -0.382 e. The Kier molecular flexibility index (Phi) is 108. The van der Waals surface area contributed by atoms with E-state index in [1.807, 2.05) is 11.9 Å². The highest BCUT2D eigenvalue weighted by atomic mass is 31.2. The van der Waals surface area contributed by atoms with Crippen LogP contribution in [-0.2, 0) is 132 Å². The summed E-state index contributed by atoms with van der Waals surface area (Å²) >= 11 is 0. The molecule has 31 heteroatoms. The fourth-order valence-electron chi connectivity index (χ4n) is 11.9. The Morgan fingerprint density at radius 1 is 0.223 bits per heavy atom. The van der Waals surface area contributed by atoms with E-state index >= 15 is 0 Å². The maximum atomic E-state index is 14.1. The molecule has 0 unspecified atom stereocenters. The van der Waals surface area contributed by atoms with Crippen molar-refractivity contribution in [1.82, 2.24) is 10.2 Å². The molecular weight excluding hydrogens is 1590 g/mol. The monoisotopic (exact) mass is 1770 g/mol. The maximum Gasteiger partial charge on any atom is 0.344 e. The van der Waals surface area contributed by atoms with Crippen LogP contribution in [0, 0.1) is 0 Å². The molecule has 1 amide bonds. The Morgan fingerprint density at radius 3 is 0.554 bits per heavy atom. The minimum atomic E-state index is -3.36. The van der Waals surface area contributed by atoms with Crippen LogP contribution in [0.25, 0.3) is 0 Å². The van der Waals surface area contributed by atoms with E-state index in [4.69, 9.17) is 123 Å². The highest BCUT2D eigenvalue weighted by Gasteiger charge is 2.27. The molecule has 726 valence electrons. The predicted octanol–water partition coefficient (Wildman–Crippen LogP) is 14.2. The lowest BCUT2D eigenvalue weighted by Crippen LogP contribution is -2.31. The molecular formula is C90H183N2O28P. The van der Waals surface area contributed by atoms with E-state index in [2.05, 4.69) is 19.2 Å². The maximum absolute atomic E-state index is 14.1. The normalized spacial score (nSPS) is 12.0. The van der Waals surface area contributed by atoms with Crippen LogP contribution in [0.1, 0.15) is 226 Å². The van der Waals surface area contributed by atoms with Gasteiger partial charge < -0.3 is 128 Å². The Hall–Kier alpha value is -1.38. The van der Waals surface area contributed by atoms with Gasteiger partial charge in [-0.1, -0.05) is 206 Å². The zero-order valence-electron chi connectivity index (χ0n) is 77.4. The molecule has 0 aromatic rings. The molecule has 0 aromatic carbocycles. The van der Waals surface area contributed by atoms with E-state index in [1.165, 1.54) is 180 Å². The lowest BCUT2D eigenvalue weighted by molar-refractivity contribution is -0.121. The van der Waals surface area contributed by atoms with Crippen molar-refractivity contribution in [3.8, 4) is 0 Å². The van der Waals surface area contributed by atoms with Crippen LogP contribution in [0.3, 0.4) is 0 Å². The van der Waals surface area contributed by atoms with E-state index in [0.717, 1.165) is 25.7 Å². The molecule has 30 nitrogen and oxygen atoms in total. The first-order valence-corrected chi connectivity index (χ1v) is 49.3. The first-order valence-electron chi connectivity index (χ1n) is 47.6. The molecule has 0 spiro atoms. The largest absolute Gasteiger partial charge is 0.382 e. The number of rotatable bonds is 113. The zero-order valence-corrected chi connectivity index (χ0v) is 78.3. The summed E-state index contributed by atoms with van der Waals surface area (Å²) in [6.07, 6.45) is 42.1. The average molecular weight is 1770 g/mol. The van der Waals surface area contributed by atoms with Gasteiger partial charge >= 0.3 is 7.60 Å². The van der Waals surface area contributed by atoms with Crippen molar-refractivity contribution in [2.24, 2.45) is 0 Å². The van der Waals surface area contributed by atoms with Crippen LogP contribution in [0.5, 0.6) is 0 Å². The molecule has 0 aromatic heterocycles. The molecule has 0 saturated heterocycles. The highest BCUT2D eigenvalue weighted by Crippen LogP contribution is 2.49. The SMILES string of the molecule is CCCCCCCCCCCCCCCCCCOP(=O)(CN(C)CCC(=O)NCCOCCOCCOCCOCCOCCOCCOCCOCCOCCOCCOCCOCCOCCOCCOCCOCCOCCOCCOCCOCCOCCOCCOCCOC)OCCCCCCCCCCCCCCCCCC. The van der Waals surface area contributed by atoms with Gasteiger partial charge in [0, 0.05) is 26.6 Å². The molecule has 0 fully saturated rings. The topological polar surface area (TPSA) is 289 Å². The van der Waals surface area contributed by atoms with Crippen molar-refractivity contribution < 1.29 is 132 Å². The van der Waals surface area contributed by atoms with Gasteiger partial charge in [0.1, 0.15) is 6.29 Å². The average Bonchev–Trinajstić information content (AvgIpc) is 0.881. The quantitative estimate of drug-likeness (QED) is 0.0437. The Labute approximate surface area is 735 Å². The lowest BCUT2D eigenvalue weighted by Gasteiger charge is -2.24. The lowest BCUT2D eigenvalue weighted by atomic mass is 10.0. The van der Waals surface area contributed by atoms with Crippen molar-refractivity contribution in [3.05, 3.63) is 0 Å². The van der Waals surface area contributed by atoms with Crippen LogP contribution in [-0.4, -0.2) is 368 Å². The van der Waals surface area contributed by atoms with E-state index in [1.54, 1.807) is 7.11 Å². The summed E-state index contributed by atoms with van der Waals surface area (Å²) in [5.41, 5.74) is 0. The molecule has 0 atom stereocenters. The van der Waals surface area contributed by atoms with Crippen molar-refractivity contribution in [2.45, 2.75) is 226 Å². The molecule has 0 saturated carbocycles. The summed E-state index contributed by atoms with van der Waals surface area (Å²) in [5.74, 6) is -0.0809. The van der Waals surface area contributed by atoms with Gasteiger partial charge in [-0.25, -0.2) is 0 Å². The van der Waals surface area contributed by atoms with Crippen LogP contribution >= 0.6 is 7.60 Å². The number of ether oxygens (including phenoxy) is 24. The first-order chi connectivity index (χ1) is 60.0. The van der Waals surface area contributed by atoms with Crippen LogP contribution in [0.15, 0.2) is 0 Å². The van der Waals surface area contributed by atoms with Crippen molar-refractivity contribution in [3.63, 3.8) is 0 Å². The van der Waals surface area contributed by atoms with E-state index < -0.39 is 7.60 Å². The van der Waals surface area contributed by atoms with Gasteiger partial charge in [0.15, 0.2) is 0 Å². The standard InChI is InChI=1S/C90H183N2O28P/c1-5-7-9-11-13-15-17-19-21-23-25-27-29-31-33-35-40-119-121(94,120-41-36-34-32-30-28-26-24-22-20-18-16-14-12-10-8-6-2)89-92(3)39-37-90(93)91-38-42-96-45-46-98-49-50-100-53-54-102-57-58-104-61-62-106-65-66-108-69-70-110-73-74-112-77-78-114-81-82-116-85-86-118-88-87-117-84-83-115-80-79-113-76-75-111-72-71-109-68-67-107-64-63-105-60-59-103-56-55-101-52-51-99-48-47-97-44-43-95-4/h5-89H2,1-4H3,(H,91,93). The molecule has 0 heterocycles. The Morgan fingerprint density at radius 2 is 0.380 bits per heavy atom. The number of amides is 1. The van der Waals surface area contributed by atoms with Crippen molar-refractivity contribution in [1.29, 1.82) is 0 Å². The number of nitrogens with one attached hydrogen (secondary N) is 1. The van der Waals surface area contributed by atoms with Gasteiger partial charge in [0.05, 0.1) is 324 Å². The van der Waals surface area contributed by atoms with Crippen LogP contribution in [0.2, 0.25) is 0 Å². The molecule has 0 aliphatic carbocycles. The highest BCUT2D eigenvalue weighted by molar-refractivity contribution is 7.53. The smallest absolute Gasteiger partial charge is 0.344 e. The first kappa shape index (κ1) is 120. The van der Waals surface area contributed by atoms with E-state index in [0.29, 0.717) is 337 Å². The molecule has 0 radical (unpaired) electrons. The number of hydrogen-bond donors (Lipinski definition) is 1. The summed E-state index contributed by atoms with van der Waals surface area (Å²) < 4.78 is 159. The molecule has 0 bridgehead atoms. The number of carbonyl (C=O) groups excluding carboxylic acids is 1. The fourth-order valence-corrected chi connectivity index (χ4v) is 13.7. The zero-order chi connectivity index (χ0) is 86.9. The number of unbranched alkanes of at least 4 members (excludes halogenated alkanes) is 30. The summed E-state index contributed by atoms with van der Waals surface area (Å²) in [5, 5.41) is 2.93. The third kappa shape index (κ3) is 107. The second-order valence-corrected chi connectivity index (χ2v) is 31.8. The number of carbonyl (C=O) groups is 1.